The smallest absolute Gasteiger partial charge is 0.351 e. The highest BCUT2D eigenvalue weighted by Crippen LogP contribution is 2.27. The van der Waals surface area contributed by atoms with Crippen LogP contribution in [0.2, 0.25) is 0 Å². The van der Waals surface area contributed by atoms with Gasteiger partial charge in [-0.05, 0) is 10.8 Å². The van der Waals surface area contributed by atoms with E-state index >= 15 is 0 Å². The van der Waals surface area contributed by atoms with Gasteiger partial charge >= 0.3 is 5.82 Å². The number of alkyl halides is 1. The lowest BCUT2D eigenvalue weighted by molar-refractivity contribution is -0.391. The molecule has 7 heteroatoms. The predicted octanol–water partition coefficient (Wildman–Crippen LogP) is 3.11. The Morgan fingerprint density at radius 3 is 2.94 bits per heavy atom. The Bertz CT molecular complexity index is 549. The van der Waals surface area contributed by atoms with Gasteiger partial charge in [-0.1, -0.05) is 25.2 Å². The zero-order valence-electron chi connectivity index (χ0n) is 9.46. The van der Waals surface area contributed by atoms with Gasteiger partial charge in [0.1, 0.15) is 11.9 Å². The molecule has 0 aliphatic heterocycles. The second-order valence-electron chi connectivity index (χ2n) is 4.16. The zero-order chi connectivity index (χ0) is 12.6. The van der Waals surface area contributed by atoms with Crippen LogP contribution in [0, 0.1) is 16.0 Å². The lowest BCUT2D eigenvalue weighted by Crippen LogP contribution is -2.12. The lowest BCUT2D eigenvalue weighted by Gasteiger charge is -2.10. The summed E-state index contributed by atoms with van der Waals surface area (Å²) in [6, 6.07) is 0. The monoisotopic (exact) mass is 273 g/mol. The molecule has 0 fully saturated rings. The molecule has 0 spiro atoms. The van der Waals surface area contributed by atoms with Gasteiger partial charge in [-0.2, -0.15) is 9.38 Å². The van der Waals surface area contributed by atoms with Gasteiger partial charge in [0.2, 0.25) is 0 Å². The van der Waals surface area contributed by atoms with Crippen molar-refractivity contribution < 1.29 is 4.92 Å². The molecule has 0 aliphatic carbocycles. The molecule has 5 nitrogen and oxygen atoms in total. The molecule has 0 bridgehead atoms. The number of nitrogens with zero attached hydrogens (tertiary/aromatic N) is 3. The second-order valence-corrected chi connectivity index (χ2v) is 5.59. The van der Waals surface area contributed by atoms with E-state index in [-0.39, 0.29) is 17.1 Å². The summed E-state index contributed by atoms with van der Waals surface area (Å²) in [7, 11) is 0. The van der Waals surface area contributed by atoms with E-state index in [0.717, 1.165) is 0 Å². The van der Waals surface area contributed by atoms with Gasteiger partial charge in [-0.15, -0.1) is 11.6 Å². The molecule has 1 unspecified atom stereocenters. The molecule has 0 aromatic carbocycles. The van der Waals surface area contributed by atoms with Crippen LogP contribution in [-0.4, -0.2) is 19.7 Å². The third-order valence-corrected chi connectivity index (χ3v) is 4.01. The number of aromatic nitrogens is 2. The van der Waals surface area contributed by atoms with Crippen molar-refractivity contribution in [3.63, 3.8) is 0 Å². The average Bonchev–Trinajstić information content (AvgIpc) is 2.75. The van der Waals surface area contributed by atoms with E-state index in [1.807, 2.05) is 13.8 Å². The molecule has 0 saturated heterocycles. The molecule has 2 aromatic heterocycles. The fraction of sp³-hybridized carbons (Fsp3) is 0.500. The largest absolute Gasteiger partial charge is 0.358 e. The summed E-state index contributed by atoms with van der Waals surface area (Å²) in [5.74, 6) is 0.295. The number of nitro groups is 1. The van der Waals surface area contributed by atoms with Crippen molar-refractivity contribution in [2.75, 3.05) is 0 Å². The van der Waals surface area contributed by atoms with Crippen molar-refractivity contribution >= 4 is 33.7 Å². The summed E-state index contributed by atoms with van der Waals surface area (Å²) in [6.07, 6.45) is 2.08. The van der Waals surface area contributed by atoms with Crippen LogP contribution < -0.4 is 0 Å². The Morgan fingerprint density at radius 2 is 2.35 bits per heavy atom. The number of rotatable bonds is 4. The van der Waals surface area contributed by atoms with E-state index in [0.29, 0.717) is 17.1 Å². The molecule has 2 heterocycles. The highest BCUT2D eigenvalue weighted by Gasteiger charge is 2.25. The van der Waals surface area contributed by atoms with Crippen molar-refractivity contribution in [3.05, 3.63) is 27.4 Å². The number of hydrogen-bond acceptors (Lipinski definition) is 4. The minimum absolute atomic E-state index is 0.0348. The zero-order valence-corrected chi connectivity index (χ0v) is 11.0. The van der Waals surface area contributed by atoms with Crippen LogP contribution in [-0.2, 0) is 6.42 Å². The molecule has 1 atom stereocenters. The molecule has 2 aromatic rings. The van der Waals surface area contributed by atoms with Crippen LogP contribution in [0.4, 0.5) is 5.82 Å². The molecule has 0 saturated carbocycles. The molecular formula is C10H12ClN3O2S. The number of thiazole rings is 1. The fourth-order valence-corrected chi connectivity index (χ4v) is 2.44. The summed E-state index contributed by atoms with van der Waals surface area (Å²) in [5, 5.41) is 12.7. The van der Waals surface area contributed by atoms with Gasteiger partial charge in [-0.25, -0.2) is 0 Å². The predicted molar refractivity (Wildman–Crippen MR) is 67.9 cm³/mol. The minimum atomic E-state index is -0.397. The maximum Gasteiger partial charge on any atom is 0.351 e. The van der Waals surface area contributed by atoms with Gasteiger partial charge < -0.3 is 10.1 Å². The number of hydrogen-bond donors (Lipinski definition) is 0. The molecule has 0 aliphatic rings. The maximum atomic E-state index is 11.1. The molecule has 2 rings (SSSR count). The molecular weight excluding hydrogens is 262 g/mol. The van der Waals surface area contributed by atoms with Crippen molar-refractivity contribution in [1.82, 2.24) is 9.38 Å². The third-order valence-electron chi connectivity index (χ3n) is 2.59. The summed E-state index contributed by atoms with van der Waals surface area (Å²) in [6.45, 7) is 3.98. The molecule has 0 amide bonds. The first-order valence-corrected chi connectivity index (χ1v) is 6.55. The first kappa shape index (κ1) is 12.3. The first-order valence-electron chi connectivity index (χ1n) is 5.23. The van der Waals surface area contributed by atoms with Gasteiger partial charge in [0.15, 0.2) is 0 Å². The Balaban J connectivity index is 2.42. The number of imidazole rings is 1. The average molecular weight is 274 g/mol. The molecule has 0 N–H and O–H groups in total. The molecule has 17 heavy (non-hydrogen) atoms. The normalized spacial score (nSPS) is 13.4. The summed E-state index contributed by atoms with van der Waals surface area (Å²) in [5.41, 5.74) is 0.468. The third kappa shape index (κ3) is 2.28. The fourth-order valence-electron chi connectivity index (χ4n) is 1.57. The van der Waals surface area contributed by atoms with Crippen molar-refractivity contribution in [1.29, 1.82) is 0 Å². The molecule has 92 valence electrons. The van der Waals surface area contributed by atoms with Gasteiger partial charge in [0.25, 0.3) is 4.96 Å². The van der Waals surface area contributed by atoms with E-state index in [2.05, 4.69) is 4.98 Å². The Labute approximate surface area is 107 Å². The minimum Gasteiger partial charge on any atom is -0.358 e. The standard InChI is InChI=1S/C10H12ClN3O2S/c1-6(2)7(11)5-8-9(14(15)16)13-3-4-17-10(13)12-8/h3-4,6-7H,5H2,1-2H3. The number of halogens is 1. The Hall–Kier alpha value is -1.14. The first-order chi connectivity index (χ1) is 8.00. The lowest BCUT2D eigenvalue weighted by atomic mass is 10.1. The Kier molecular flexibility index (Phi) is 3.35. The van der Waals surface area contributed by atoms with Gasteiger partial charge in [0.05, 0.1) is 0 Å². The van der Waals surface area contributed by atoms with Crippen molar-refractivity contribution in [2.24, 2.45) is 5.92 Å². The van der Waals surface area contributed by atoms with Crippen LogP contribution in [0.3, 0.4) is 0 Å². The van der Waals surface area contributed by atoms with E-state index in [4.69, 9.17) is 11.6 Å². The Morgan fingerprint density at radius 1 is 1.65 bits per heavy atom. The van der Waals surface area contributed by atoms with Crippen LogP contribution in [0.25, 0.3) is 4.96 Å². The number of fused-ring (bicyclic) bond motifs is 1. The van der Waals surface area contributed by atoms with Crippen molar-refractivity contribution in [2.45, 2.75) is 25.6 Å². The highest BCUT2D eigenvalue weighted by molar-refractivity contribution is 7.15. The van der Waals surface area contributed by atoms with Gasteiger partial charge in [0, 0.05) is 17.2 Å². The highest BCUT2D eigenvalue weighted by atomic mass is 35.5. The summed E-state index contributed by atoms with van der Waals surface area (Å²) >= 11 is 7.53. The quantitative estimate of drug-likeness (QED) is 0.488. The van der Waals surface area contributed by atoms with Gasteiger partial charge in [-0.3, -0.25) is 0 Å². The van der Waals surface area contributed by atoms with E-state index in [1.54, 1.807) is 11.6 Å². The topological polar surface area (TPSA) is 60.4 Å². The summed E-state index contributed by atoms with van der Waals surface area (Å²) < 4.78 is 1.50. The van der Waals surface area contributed by atoms with Crippen LogP contribution >= 0.6 is 22.9 Å². The second kappa shape index (κ2) is 4.62. The molecule has 0 radical (unpaired) electrons. The van der Waals surface area contributed by atoms with Crippen LogP contribution in [0.5, 0.6) is 0 Å². The van der Waals surface area contributed by atoms with Crippen LogP contribution in [0.1, 0.15) is 19.5 Å². The van der Waals surface area contributed by atoms with E-state index in [9.17, 15) is 10.1 Å². The van der Waals surface area contributed by atoms with E-state index in [1.165, 1.54) is 15.7 Å². The van der Waals surface area contributed by atoms with E-state index < -0.39 is 4.92 Å². The summed E-state index contributed by atoms with van der Waals surface area (Å²) in [4.78, 5) is 15.6. The maximum absolute atomic E-state index is 11.1. The van der Waals surface area contributed by atoms with Crippen molar-refractivity contribution in [3.8, 4) is 0 Å². The van der Waals surface area contributed by atoms with Crippen LogP contribution in [0.15, 0.2) is 11.6 Å². The SMILES string of the molecule is CC(C)C(Cl)Cc1nc2sccn2c1[N+](=O)[O-].